The lowest BCUT2D eigenvalue weighted by Gasteiger charge is -2.12. The van der Waals surface area contributed by atoms with Crippen molar-refractivity contribution in [2.45, 2.75) is 12.7 Å². The molecular weight excluding hydrogens is 409 g/mol. The van der Waals surface area contributed by atoms with Crippen molar-refractivity contribution in [2.24, 2.45) is 0 Å². The van der Waals surface area contributed by atoms with Crippen molar-refractivity contribution < 1.29 is 13.2 Å². The third kappa shape index (κ3) is 4.60. The zero-order valence-electron chi connectivity index (χ0n) is 15.6. The van der Waals surface area contributed by atoms with E-state index in [0.717, 1.165) is 28.5 Å². The molecule has 0 fully saturated rings. The van der Waals surface area contributed by atoms with Gasteiger partial charge in [0.2, 0.25) is 0 Å². The van der Waals surface area contributed by atoms with Crippen LogP contribution in [0, 0.1) is 0 Å². The lowest BCUT2D eigenvalue weighted by Crippen LogP contribution is -2.19. The minimum absolute atomic E-state index is 0.180. The summed E-state index contributed by atoms with van der Waals surface area (Å²) in [7, 11) is 0. The van der Waals surface area contributed by atoms with E-state index in [2.05, 4.69) is 40.0 Å². The van der Waals surface area contributed by atoms with Crippen molar-refractivity contribution in [1.82, 2.24) is 9.78 Å². The number of thiocarbonyl (C=S) groups is 1. The highest BCUT2D eigenvalue weighted by Crippen LogP contribution is 2.30. The molecule has 0 aliphatic rings. The van der Waals surface area contributed by atoms with Crippen LogP contribution in [0.3, 0.4) is 0 Å². The van der Waals surface area contributed by atoms with Crippen LogP contribution in [0.25, 0.3) is 10.8 Å². The van der Waals surface area contributed by atoms with Crippen LogP contribution in [0.1, 0.15) is 11.1 Å². The zero-order chi connectivity index (χ0) is 21.1. The molecular formula is C22H17F3N4S. The molecule has 3 aromatic carbocycles. The maximum atomic E-state index is 12.8. The molecule has 0 saturated heterocycles. The zero-order valence-corrected chi connectivity index (χ0v) is 16.5. The number of fused-ring (bicyclic) bond motifs is 1. The van der Waals surface area contributed by atoms with E-state index in [1.807, 2.05) is 18.2 Å². The fraction of sp³-hybridized carbons (Fsp3) is 0.0909. The molecule has 1 aromatic heterocycles. The van der Waals surface area contributed by atoms with E-state index in [1.165, 1.54) is 12.1 Å². The summed E-state index contributed by atoms with van der Waals surface area (Å²) < 4.78 is 40.3. The Bertz CT molecular complexity index is 1190. The second-order valence-corrected chi connectivity index (χ2v) is 7.13. The van der Waals surface area contributed by atoms with Crippen molar-refractivity contribution >= 4 is 39.5 Å². The summed E-state index contributed by atoms with van der Waals surface area (Å²) in [6, 6.07) is 19.1. The van der Waals surface area contributed by atoms with Crippen LogP contribution in [-0.2, 0) is 12.7 Å². The largest absolute Gasteiger partial charge is 0.416 e. The Morgan fingerprint density at radius 3 is 2.50 bits per heavy atom. The number of rotatable bonds is 4. The molecule has 8 heteroatoms. The number of nitrogens with one attached hydrogen (secondary N) is 2. The fourth-order valence-electron chi connectivity index (χ4n) is 3.19. The van der Waals surface area contributed by atoms with Gasteiger partial charge < -0.3 is 10.6 Å². The van der Waals surface area contributed by atoms with Crippen molar-refractivity contribution in [3.05, 3.63) is 90.3 Å². The molecule has 0 saturated carbocycles. The molecule has 4 rings (SSSR count). The molecule has 1 heterocycles. The molecule has 0 spiro atoms. The van der Waals surface area contributed by atoms with E-state index in [9.17, 15) is 13.2 Å². The summed E-state index contributed by atoms with van der Waals surface area (Å²) in [6.07, 6.45) is -0.997. The highest BCUT2D eigenvalue weighted by atomic mass is 32.1. The minimum atomic E-state index is -4.41. The molecule has 4 nitrogen and oxygen atoms in total. The Kier molecular flexibility index (Phi) is 5.41. The van der Waals surface area contributed by atoms with Crippen LogP contribution in [0.4, 0.5) is 24.5 Å². The first-order valence-electron chi connectivity index (χ1n) is 9.13. The summed E-state index contributed by atoms with van der Waals surface area (Å²) in [5.74, 6) is 0. The number of alkyl halides is 3. The fourth-order valence-corrected chi connectivity index (χ4v) is 3.42. The SMILES string of the molecule is FC(F)(F)c1cccc(NC(=S)Nc2cnn(Cc3cccc4ccccc34)c2)c1. The lowest BCUT2D eigenvalue weighted by atomic mass is 10.0. The average Bonchev–Trinajstić information content (AvgIpc) is 3.14. The van der Waals surface area contributed by atoms with Crippen molar-refractivity contribution in [3.63, 3.8) is 0 Å². The minimum Gasteiger partial charge on any atom is -0.332 e. The number of nitrogens with zero attached hydrogens (tertiary/aromatic N) is 2. The molecule has 2 N–H and O–H groups in total. The number of hydrogen-bond donors (Lipinski definition) is 2. The maximum absolute atomic E-state index is 12.8. The summed E-state index contributed by atoms with van der Waals surface area (Å²) in [5, 5.41) is 12.6. The Morgan fingerprint density at radius 1 is 0.933 bits per heavy atom. The third-order valence-electron chi connectivity index (χ3n) is 4.55. The molecule has 152 valence electrons. The highest BCUT2D eigenvalue weighted by Gasteiger charge is 2.30. The Morgan fingerprint density at radius 2 is 1.67 bits per heavy atom. The number of halogens is 3. The van der Waals surface area contributed by atoms with Gasteiger partial charge in [0, 0.05) is 11.9 Å². The van der Waals surface area contributed by atoms with Crippen LogP contribution in [0.5, 0.6) is 0 Å². The smallest absolute Gasteiger partial charge is 0.332 e. The maximum Gasteiger partial charge on any atom is 0.416 e. The molecule has 0 bridgehead atoms. The van der Waals surface area contributed by atoms with Gasteiger partial charge >= 0.3 is 6.18 Å². The van der Waals surface area contributed by atoms with Crippen molar-refractivity contribution in [1.29, 1.82) is 0 Å². The summed E-state index contributed by atoms with van der Waals surface area (Å²) in [5.41, 5.74) is 1.29. The van der Waals surface area contributed by atoms with Gasteiger partial charge in [-0.1, -0.05) is 48.5 Å². The van der Waals surface area contributed by atoms with Gasteiger partial charge in [-0.3, -0.25) is 4.68 Å². The summed E-state index contributed by atoms with van der Waals surface area (Å²) in [6.45, 7) is 0.580. The standard InChI is InChI=1S/C22H17F3N4S/c23-22(24,25)17-8-4-9-18(11-17)27-21(30)28-19-12-26-29(14-19)13-16-7-3-6-15-5-1-2-10-20(15)16/h1-12,14H,13H2,(H2,27,28,30). The van der Waals surface area contributed by atoms with E-state index in [0.29, 0.717) is 12.2 Å². The quantitative estimate of drug-likeness (QED) is 0.398. The molecule has 0 aliphatic heterocycles. The van der Waals surface area contributed by atoms with Gasteiger partial charge in [-0.2, -0.15) is 18.3 Å². The predicted octanol–water partition coefficient (Wildman–Crippen LogP) is 5.91. The number of benzene rings is 3. The van der Waals surface area contributed by atoms with Crippen LogP contribution in [-0.4, -0.2) is 14.9 Å². The van der Waals surface area contributed by atoms with Gasteiger partial charge in [0.15, 0.2) is 5.11 Å². The van der Waals surface area contributed by atoms with E-state index in [-0.39, 0.29) is 10.8 Å². The molecule has 0 amide bonds. The molecule has 0 unspecified atom stereocenters. The predicted molar refractivity (Wildman–Crippen MR) is 117 cm³/mol. The van der Waals surface area contributed by atoms with E-state index in [1.54, 1.807) is 17.1 Å². The Balaban J connectivity index is 1.43. The van der Waals surface area contributed by atoms with Gasteiger partial charge in [-0.05, 0) is 46.8 Å². The van der Waals surface area contributed by atoms with Crippen LogP contribution >= 0.6 is 12.2 Å². The monoisotopic (exact) mass is 426 g/mol. The van der Waals surface area contributed by atoms with Gasteiger partial charge in [-0.25, -0.2) is 0 Å². The molecule has 0 atom stereocenters. The number of aromatic nitrogens is 2. The Labute approximate surface area is 176 Å². The highest BCUT2D eigenvalue weighted by molar-refractivity contribution is 7.80. The number of hydrogen-bond acceptors (Lipinski definition) is 2. The van der Waals surface area contributed by atoms with Crippen molar-refractivity contribution in [3.8, 4) is 0 Å². The molecule has 0 aliphatic carbocycles. The second kappa shape index (κ2) is 8.16. The van der Waals surface area contributed by atoms with Gasteiger partial charge in [0.25, 0.3) is 0 Å². The first kappa shape index (κ1) is 19.9. The first-order chi connectivity index (χ1) is 14.4. The van der Waals surface area contributed by atoms with Crippen LogP contribution < -0.4 is 10.6 Å². The van der Waals surface area contributed by atoms with Crippen LogP contribution in [0.2, 0.25) is 0 Å². The molecule has 0 radical (unpaired) electrons. The average molecular weight is 426 g/mol. The van der Waals surface area contributed by atoms with E-state index in [4.69, 9.17) is 12.2 Å². The first-order valence-corrected chi connectivity index (χ1v) is 9.54. The molecule has 4 aromatic rings. The van der Waals surface area contributed by atoms with E-state index < -0.39 is 11.7 Å². The summed E-state index contributed by atoms with van der Waals surface area (Å²) >= 11 is 5.22. The normalized spacial score (nSPS) is 11.4. The van der Waals surface area contributed by atoms with Gasteiger partial charge in [0.1, 0.15) is 0 Å². The Hall–Kier alpha value is -3.39. The van der Waals surface area contributed by atoms with Crippen molar-refractivity contribution in [2.75, 3.05) is 10.6 Å². The van der Waals surface area contributed by atoms with Gasteiger partial charge in [0.05, 0.1) is 24.0 Å². The topological polar surface area (TPSA) is 41.9 Å². The molecule has 30 heavy (non-hydrogen) atoms. The van der Waals surface area contributed by atoms with Crippen LogP contribution in [0.15, 0.2) is 79.1 Å². The second-order valence-electron chi connectivity index (χ2n) is 6.72. The number of anilines is 2. The van der Waals surface area contributed by atoms with E-state index >= 15 is 0 Å². The lowest BCUT2D eigenvalue weighted by molar-refractivity contribution is -0.137. The third-order valence-corrected chi connectivity index (χ3v) is 4.76. The summed E-state index contributed by atoms with van der Waals surface area (Å²) in [4.78, 5) is 0. The van der Waals surface area contributed by atoms with Gasteiger partial charge in [-0.15, -0.1) is 0 Å².